The molecule has 0 spiro atoms. The minimum absolute atomic E-state index is 0.0571. The molecule has 7 heteroatoms. The summed E-state index contributed by atoms with van der Waals surface area (Å²) in [7, 11) is 0. The van der Waals surface area contributed by atoms with Crippen LogP contribution >= 0.6 is 11.3 Å². The monoisotopic (exact) mass is 488 g/mol. The number of nitrogens with one attached hydrogen (secondary N) is 1. The van der Waals surface area contributed by atoms with E-state index in [0.29, 0.717) is 13.0 Å². The van der Waals surface area contributed by atoms with E-state index in [1.54, 1.807) is 32.1 Å². The van der Waals surface area contributed by atoms with Gasteiger partial charge in [-0.3, -0.25) is 9.59 Å². The highest BCUT2D eigenvalue weighted by Gasteiger charge is 2.41. The minimum Gasteiger partial charge on any atom is -0.392 e. The summed E-state index contributed by atoms with van der Waals surface area (Å²) in [5.74, 6) is -1.39. The van der Waals surface area contributed by atoms with E-state index in [1.165, 1.54) is 0 Å². The summed E-state index contributed by atoms with van der Waals surface area (Å²) in [5.41, 5.74) is 1.85. The van der Waals surface area contributed by atoms with Crippen molar-refractivity contribution in [1.82, 2.24) is 10.3 Å². The van der Waals surface area contributed by atoms with Crippen molar-refractivity contribution >= 4 is 29.1 Å². The van der Waals surface area contributed by atoms with Crippen molar-refractivity contribution in [3.8, 4) is 0 Å². The molecule has 34 heavy (non-hydrogen) atoms. The molecule has 0 aromatic carbocycles. The van der Waals surface area contributed by atoms with Crippen LogP contribution in [0.3, 0.4) is 0 Å². The van der Waals surface area contributed by atoms with E-state index in [9.17, 15) is 19.8 Å². The standard InChI is InChI=1S/C27H40N2O4S/c1-16-9-8-10-17(2)25(32)19(4)26(33)27(6,7)23(30)13-24(31)28-14-21(11-16)18(3)12-22-15-34-20(5)29-22/h8-9,11-12,15,17,19,21,23,25,30,32H,10,13-14H2,1-7H3,(H,28,31)/b9-8-,16-11+,18-12?/t17-,19+,21+,23-,25-/m0/s1. The molecule has 188 valence electrons. The Bertz CT molecular complexity index is 960. The van der Waals surface area contributed by atoms with Gasteiger partial charge in [-0.25, -0.2) is 4.98 Å². The highest BCUT2D eigenvalue weighted by Crippen LogP contribution is 2.31. The van der Waals surface area contributed by atoms with Crippen molar-refractivity contribution in [3.63, 3.8) is 0 Å². The van der Waals surface area contributed by atoms with Crippen LogP contribution in [-0.4, -0.2) is 45.6 Å². The number of aliphatic hydroxyl groups is 2. The fraction of sp³-hybridized carbons (Fsp3) is 0.593. The second-order valence-corrected chi connectivity index (χ2v) is 11.3. The van der Waals surface area contributed by atoms with Gasteiger partial charge < -0.3 is 15.5 Å². The lowest BCUT2D eigenvalue weighted by Gasteiger charge is -2.34. The van der Waals surface area contributed by atoms with Crippen molar-refractivity contribution in [2.45, 2.75) is 73.5 Å². The topological polar surface area (TPSA) is 99.5 Å². The van der Waals surface area contributed by atoms with Gasteiger partial charge in [-0.05, 0) is 39.2 Å². The zero-order valence-electron chi connectivity index (χ0n) is 21.5. The number of aryl methyl sites for hydroxylation is 1. The van der Waals surface area contributed by atoms with Crippen molar-refractivity contribution in [2.24, 2.45) is 23.2 Å². The average molecular weight is 489 g/mol. The first-order valence-corrected chi connectivity index (χ1v) is 12.8. The summed E-state index contributed by atoms with van der Waals surface area (Å²) in [6.45, 7) is 13.3. The molecule has 0 fully saturated rings. The predicted molar refractivity (Wildman–Crippen MR) is 138 cm³/mol. The zero-order chi connectivity index (χ0) is 25.6. The van der Waals surface area contributed by atoms with Crippen LogP contribution in [0, 0.1) is 30.1 Å². The molecule has 0 aliphatic carbocycles. The molecule has 1 aliphatic rings. The number of nitrogens with zero attached hydrogens (tertiary/aromatic N) is 1. The summed E-state index contributed by atoms with van der Waals surface area (Å²) >= 11 is 1.59. The smallest absolute Gasteiger partial charge is 0.222 e. The van der Waals surface area contributed by atoms with Gasteiger partial charge in [0, 0.05) is 23.8 Å². The number of hydrogen-bond donors (Lipinski definition) is 3. The molecular formula is C27H40N2O4S. The van der Waals surface area contributed by atoms with Crippen LogP contribution in [-0.2, 0) is 9.59 Å². The third-order valence-electron chi connectivity index (χ3n) is 6.82. The number of ketones is 1. The van der Waals surface area contributed by atoms with Crippen LogP contribution in [0.2, 0.25) is 0 Å². The normalized spacial score (nSPS) is 32.6. The summed E-state index contributed by atoms with van der Waals surface area (Å²) in [4.78, 5) is 30.3. The van der Waals surface area contributed by atoms with Crippen LogP contribution in [0.15, 0.2) is 34.8 Å². The van der Waals surface area contributed by atoms with E-state index in [4.69, 9.17) is 0 Å². The van der Waals surface area contributed by atoms with Gasteiger partial charge in [0.05, 0.1) is 34.7 Å². The molecule has 1 amide bonds. The number of carbonyl (C=O) groups is 2. The van der Waals surface area contributed by atoms with Crippen LogP contribution < -0.4 is 5.32 Å². The minimum atomic E-state index is -1.15. The average Bonchev–Trinajstić information content (AvgIpc) is 3.18. The Labute approximate surface area is 207 Å². The van der Waals surface area contributed by atoms with Gasteiger partial charge in [0.1, 0.15) is 5.78 Å². The van der Waals surface area contributed by atoms with Crippen LogP contribution in [0.25, 0.3) is 6.08 Å². The maximum Gasteiger partial charge on any atom is 0.222 e. The van der Waals surface area contributed by atoms with E-state index in [0.717, 1.165) is 21.8 Å². The molecule has 0 unspecified atom stereocenters. The lowest BCUT2D eigenvalue weighted by atomic mass is 9.73. The number of hydrogen-bond acceptors (Lipinski definition) is 6. The predicted octanol–water partition coefficient (Wildman–Crippen LogP) is 4.47. The third-order valence-corrected chi connectivity index (χ3v) is 7.62. The highest BCUT2D eigenvalue weighted by molar-refractivity contribution is 7.09. The van der Waals surface area contributed by atoms with Crippen molar-refractivity contribution in [3.05, 3.63) is 45.5 Å². The van der Waals surface area contributed by atoms with Crippen molar-refractivity contribution in [2.75, 3.05) is 6.54 Å². The van der Waals surface area contributed by atoms with Gasteiger partial charge in [0.2, 0.25) is 5.91 Å². The third kappa shape index (κ3) is 7.45. The van der Waals surface area contributed by atoms with Gasteiger partial charge >= 0.3 is 0 Å². The molecule has 1 aromatic heterocycles. The largest absolute Gasteiger partial charge is 0.392 e. The summed E-state index contributed by atoms with van der Waals surface area (Å²) in [6, 6.07) is 0. The Balaban J connectivity index is 2.37. The Morgan fingerprint density at radius 1 is 1.24 bits per heavy atom. The Hall–Kier alpha value is -2.09. The molecule has 0 bridgehead atoms. The number of thiazole rings is 1. The molecule has 0 radical (unpaired) electrons. The first-order valence-electron chi connectivity index (χ1n) is 11.9. The van der Waals surface area contributed by atoms with E-state index in [2.05, 4.69) is 16.4 Å². The van der Waals surface area contributed by atoms with Crippen LogP contribution in [0.1, 0.15) is 65.1 Å². The zero-order valence-corrected chi connectivity index (χ0v) is 22.3. The maximum atomic E-state index is 13.1. The Kier molecular flexibility index (Phi) is 9.97. The molecule has 5 atom stereocenters. The van der Waals surface area contributed by atoms with Gasteiger partial charge in [0.15, 0.2) is 0 Å². The number of rotatable bonds is 2. The second-order valence-electron chi connectivity index (χ2n) is 10.2. The fourth-order valence-corrected chi connectivity index (χ4v) is 4.81. The van der Waals surface area contributed by atoms with Crippen LogP contribution in [0.5, 0.6) is 0 Å². The van der Waals surface area contributed by atoms with E-state index >= 15 is 0 Å². The van der Waals surface area contributed by atoms with Gasteiger partial charge in [-0.15, -0.1) is 11.3 Å². The number of aliphatic hydroxyl groups excluding tert-OH is 2. The number of carbonyl (C=O) groups excluding carboxylic acids is 2. The number of Topliss-reactive ketones (excluding diaryl/α,β-unsaturated/α-hetero) is 1. The molecule has 1 aliphatic heterocycles. The van der Waals surface area contributed by atoms with Gasteiger partial charge in [-0.1, -0.05) is 57.1 Å². The molecule has 0 saturated heterocycles. The highest BCUT2D eigenvalue weighted by atomic mass is 32.1. The van der Waals surface area contributed by atoms with Crippen molar-refractivity contribution in [1.29, 1.82) is 0 Å². The lowest BCUT2D eigenvalue weighted by Crippen LogP contribution is -2.46. The van der Waals surface area contributed by atoms with Crippen molar-refractivity contribution < 1.29 is 19.8 Å². The van der Waals surface area contributed by atoms with Gasteiger partial charge in [0.25, 0.3) is 0 Å². The molecule has 0 saturated carbocycles. The quantitative estimate of drug-likeness (QED) is 0.570. The molecule has 6 nitrogen and oxygen atoms in total. The van der Waals surface area contributed by atoms with Gasteiger partial charge in [-0.2, -0.15) is 0 Å². The fourth-order valence-electron chi connectivity index (χ4n) is 4.24. The van der Waals surface area contributed by atoms with Crippen LogP contribution in [0.4, 0.5) is 0 Å². The number of amides is 1. The van der Waals surface area contributed by atoms with E-state index < -0.39 is 23.5 Å². The molecular weight excluding hydrogens is 448 g/mol. The first-order chi connectivity index (χ1) is 15.8. The maximum absolute atomic E-state index is 13.1. The summed E-state index contributed by atoms with van der Waals surface area (Å²) in [5, 5.41) is 27.5. The molecule has 2 rings (SSSR count). The molecule has 1 aromatic rings. The molecule has 3 N–H and O–H groups in total. The van der Waals surface area contributed by atoms with E-state index in [-0.39, 0.29) is 29.9 Å². The summed E-state index contributed by atoms with van der Waals surface area (Å²) in [6.07, 6.45) is 6.63. The molecule has 2 heterocycles. The Morgan fingerprint density at radius 3 is 2.53 bits per heavy atom. The number of aromatic nitrogens is 1. The lowest BCUT2D eigenvalue weighted by molar-refractivity contribution is -0.143. The SMILES string of the molecule is CC(=Cc1csc(C)n1)[C@@H]1/C=C(C)/C=C\C[C@H](C)[C@H](O)[C@@H](C)C(=O)C(C)(C)[C@@H](O)CC(=O)NC1. The Morgan fingerprint density at radius 2 is 1.91 bits per heavy atom. The first kappa shape index (κ1) is 28.1. The number of allylic oxidation sites excluding steroid dienone is 3. The van der Waals surface area contributed by atoms with E-state index in [1.807, 2.05) is 51.3 Å². The second kappa shape index (κ2) is 12.0. The summed E-state index contributed by atoms with van der Waals surface area (Å²) < 4.78 is 0.